The van der Waals surface area contributed by atoms with E-state index < -0.39 is 6.10 Å². The standard InChI is InChI=1S/C20H23FN2O2/c1-15(25-19-9-7-17(21)8-10-19)20(24)22-18-6-4-5-16(13-18)14-23-11-2-3-12-23/h4-10,13,15H,2-3,11-12,14H2,1H3,(H,22,24)/t15-/m1/s1. The predicted molar refractivity (Wildman–Crippen MR) is 96.1 cm³/mol. The van der Waals surface area contributed by atoms with Gasteiger partial charge in [0.25, 0.3) is 5.91 Å². The Kier molecular flexibility index (Phi) is 5.66. The summed E-state index contributed by atoms with van der Waals surface area (Å²) in [5.41, 5.74) is 1.95. The average molecular weight is 342 g/mol. The van der Waals surface area contributed by atoms with E-state index in [0.717, 1.165) is 25.3 Å². The summed E-state index contributed by atoms with van der Waals surface area (Å²) < 4.78 is 18.5. The summed E-state index contributed by atoms with van der Waals surface area (Å²) in [6, 6.07) is 13.5. The summed E-state index contributed by atoms with van der Waals surface area (Å²) >= 11 is 0. The molecule has 2 aromatic rings. The number of hydrogen-bond donors (Lipinski definition) is 1. The number of rotatable bonds is 6. The van der Waals surface area contributed by atoms with E-state index in [4.69, 9.17) is 4.74 Å². The first-order valence-corrected chi connectivity index (χ1v) is 8.64. The summed E-state index contributed by atoms with van der Waals surface area (Å²) in [4.78, 5) is 14.7. The third kappa shape index (κ3) is 5.03. The number of likely N-dealkylation sites (tertiary alicyclic amines) is 1. The zero-order valence-electron chi connectivity index (χ0n) is 14.4. The summed E-state index contributed by atoms with van der Waals surface area (Å²) in [6.45, 7) is 4.86. The molecule has 0 unspecified atom stereocenters. The molecule has 0 bridgehead atoms. The summed E-state index contributed by atoms with van der Waals surface area (Å²) in [5, 5.41) is 2.88. The monoisotopic (exact) mass is 342 g/mol. The second-order valence-electron chi connectivity index (χ2n) is 6.39. The van der Waals surface area contributed by atoms with Gasteiger partial charge in [0.1, 0.15) is 11.6 Å². The quantitative estimate of drug-likeness (QED) is 0.867. The highest BCUT2D eigenvalue weighted by molar-refractivity contribution is 5.94. The molecule has 5 heteroatoms. The topological polar surface area (TPSA) is 41.6 Å². The van der Waals surface area contributed by atoms with Crippen LogP contribution in [0.5, 0.6) is 5.75 Å². The second-order valence-corrected chi connectivity index (χ2v) is 6.39. The lowest BCUT2D eigenvalue weighted by atomic mass is 10.2. The van der Waals surface area contributed by atoms with Gasteiger partial charge in [0.05, 0.1) is 0 Å². The van der Waals surface area contributed by atoms with Crippen LogP contribution in [-0.4, -0.2) is 30.0 Å². The summed E-state index contributed by atoms with van der Waals surface area (Å²) in [6.07, 6.45) is 1.84. The van der Waals surface area contributed by atoms with Crippen molar-refractivity contribution in [2.45, 2.75) is 32.4 Å². The molecule has 2 aromatic carbocycles. The van der Waals surface area contributed by atoms with Crippen molar-refractivity contribution in [3.8, 4) is 5.75 Å². The van der Waals surface area contributed by atoms with E-state index in [1.807, 2.05) is 18.2 Å². The van der Waals surface area contributed by atoms with Crippen molar-refractivity contribution in [2.24, 2.45) is 0 Å². The number of nitrogens with one attached hydrogen (secondary N) is 1. The normalized spacial score (nSPS) is 15.8. The van der Waals surface area contributed by atoms with Crippen LogP contribution in [0.4, 0.5) is 10.1 Å². The molecule has 25 heavy (non-hydrogen) atoms. The van der Waals surface area contributed by atoms with Crippen LogP contribution >= 0.6 is 0 Å². The van der Waals surface area contributed by atoms with E-state index >= 15 is 0 Å². The van der Waals surface area contributed by atoms with Crippen LogP contribution in [0.15, 0.2) is 48.5 Å². The van der Waals surface area contributed by atoms with E-state index in [-0.39, 0.29) is 11.7 Å². The van der Waals surface area contributed by atoms with Crippen LogP contribution in [0.25, 0.3) is 0 Å². The Labute approximate surface area is 147 Å². The number of ether oxygens (including phenoxy) is 1. The molecular formula is C20H23FN2O2. The van der Waals surface area contributed by atoms with Crippen LogP contribution in [0.2, 0.25) is 0 Å². The molecule has 4 nitrogen and oxygen atoms in total. The van der Waals surface area contributed by atoms with Crippen LogP contribution in [0.1, 0.15) is 25.3 Å². The molecule has 0 aromatic heterocycles. The van der Waals surface area contributed by atoms with Gasteiger partial charge in [-0.25, -0.2) is 4.39 Å². The van der Waals surface area contributed by atoms with E-state index in [1.54, 1.807) is 6.92 Å². The summed E-state index contributed by atoms with van der Waals surface area (Å²) in [7, 11) is 0. The number of halogens is 1. The highest BCUT2D eigenvalue weighted by Crippen LogP contribution is 2.17. The first kappa shape index (κ1) is 17.4. The zero-order chi connectivity index (χ0) is 17.6. The van der Waals surface area contributed by atoms with Gasteiger partial charge in [-0.05, 0) is 74.8 Å². The van der Waals surface area contributed by atoms with Crippen LogP contribution in [0, 0.1) is 5.82 Å². The maximum Gasteiger partial charge on any atom is 0.265 e. The van der Waals surface area contributed by atoms with E-state index in [1.165, 1.54) is 42.7 Å². The van der Waals surface area contributed by atoms with Gasteiger partial charge in [0, 0.05) is 12.2 Å². The zero-order valence-corrected chi connectivity index (χ0v) is 14.4. The van der Waals surface area contributed by atoms with Gasteiger partial charge in [0.15, 0.2) is 6.10 Å². The fourth-order valence-corrected chi connectivity index (χ4v) is 2.96. The lowest BCUT2D eigenvalue weighted by Gasteiger charge is -2.17. The SMILES string of the molecule is C[C@@H](Oc1ccc(F)cc1)C(=O)Nc1cccc(CN2CCCC2)c1. The van der Waals surface area contributed by atoms with Crippen molar-refractivity contribution >= 4 is 11.6 Å². The third-order valence-corrected chi connectivity index (χ3v) is 4.30. The maximum absolute atomic E-state index is 12.9. The maximum atomic E-state index is 12.9. The molecule has 1 aliphatic rings. The van der Waals surface area contributed by atoms with Gasteiger partial charge >= 0.3 is 0 Å². The molecule has 1 heterocycles. The van der Waals surface area contributed by atoms with Gasteiger partial charge in [-0.3, -0.25) is 9.69 Å². The number of benzene rings is 2. The van der Waals surface area contributed by atoms with Gasteiger partial charge < -0.3 is 10.1 Å². The molecule has 0 aliphatic carbocycles. The number of carbonyl (C=O) groups excluding carboxylic acids is 1. The molecule has 0 spiro atoms. The molecule has 3 rings (SSSR count). The van der Waals surface area contributed by atoms with Crippen molar-refractivity contribution in [2.75, 3.05) is 18.4 Å². The molecule has 1 atom stereocenters. The largest absolute Gasteiger partial charge is 0.481 e. The number of anilines is 1. The Hall–Kier alpha value is -2.40. The van der Waals surface area contributed by atoms with Crippen molar-refractivity contribution < 1.29 is 13.9 Å². The van der Waals surface area contributed by atoms with Crippen LogP contribution in [0.3, 0.4) is 0 Å². The Morgan fingerprint density at radius 1 is 1.20 bits per heavy atom. The van der Waals surface area contributed by atoms with Crippen LogP contribution < -0.4 is 10.1 Å². The van der Waals surface area contributed by atoms with Crippen molar-refractivity contribution in [1.82, 2.24) is 4.90 Å². The number of carbonyl (C=O) groups is 1. The van der Waals surface area contributed by atoms with E-state index in [2.05, 4.69) is 16.3 Å². The highest BCUT2D eigenvalue weighted by atomic mass is 19.1. The van der Waals surface area contributed by atoms with Crippen LogP contribution in [-0.2, 0) is 11.3 Å². The predicted octanol–water partition coefficient (Wildman–Crippen LogP) is 3.83. The fraction of sp³-hybridized carbons (Fsp3) is 0.350. The van der Waals surface area contributed by atoms with Gasteiger partial charge in [-0.1, -0.05) is 12.1 Å². The first-order chi connectivity index (χ1) is 12.1. The number of amides is 1. The molecule has 1 fully saturated rings. The van der Waals surface area contributed by atoms with E-state index in [0.29, 0.717) is 5.75 Å². The molecule has 1 aliphatic heterocycles. The Morgan fingerprint density at radius 3 is 2.64 bits per heavy atom. The minimum atomic E-state index is -0.673. The fourth-order valence-electron chi connectivity index (χ4n) is 2.96. The molecule has 132 valence electrons. The lowest BCUT2D eigenvalue weighted by Crippen LogP contribution is -2.30. The highest BCUT2D eigenvalue weighted by Gasteiger charge is 2.16. The molecule has 1 N–H and O–H groups in total. The minimum Gasteiger partial charge on any atom is -0.481 e. The molecule has 0 saturated carbocycles. The smallest absolute Gasteiger partial charge is 0.265 e. The minimum absolute atomic E-state index is 0.234. The van der Waals surface area contributed by atoms with Gasteiger partial charge in [-0.15, -0.1) is 0 Å². The van der Waals surface area contributed by atoms with Crippen molar-refractivity contribution in [1.29, 1.82) is 0 Å². The molecule has 0 radical (unpaired) electrons. The molecular weight excluding hydrogens is 319 g/mol. The third-order valence-electron chi connectivity index (χ3n) is 4.30. The number of nitrogens with zero attached hydrogens (tertiary/aromatic N) is 1. The summed E-state index contributed by atoms with van der Waals surface area (Å²) in [5.74, 6) is -0.103. The molecule has 1 saturated heterocycles. The lowest BCUT2D eigenvalue weighted by molar-refractivity contribution is -0.122. The van der Waals surface area contributed by atoms with E-state index in [9.17, 15) is 9.18 Å². The second kappa shape index (κ2) is 8.12. The first-order valence-electron chi connectivity index (χ1n) is 8.64. The van der Waals surface area contributed by atoms with Gasteiger partial charge in [0.2, 0.25) is 0 Å². The Morgan fingerprint density at radius 2 is 1.92 bits per heavy atom. The number of hydrogen-bond acceptors (Lipinski definition) is 3. The Bertz CT molecular complexity index is 712. The Balaban J connectivity index is 1.57. The average Bonchev–Trinajstić information content (AvgIpc) is 3.10. The van der Waals surface area contributed by atoms with Crippen molar-refractivity contribution in [3.63, 3.8) is 0 Å². The van der Waals surface area contributed by atoms with Gasteiger partial charge in [-0.2, -0.15) is 0 Å². The van der Waals surface area contributed by atoms with Crippen molar-refractivity contribution in [3.05, 3.63) is 59.9 Å². The molecule has 1 amide bonds.